The first-order valence-electron chi connectivity index (χ1n) is 5.18. The highest BCUT2D eigenvalue weighted by molar-refractivity contribution is 9.11. The van der Waals surface area contributed by atoms with Crippen LogP contribution in [0.4, 0.5) is 11.4 Å². The number of nitrogens with two attached hydrogens (primary N) is 1. The Labute approximate surface area is 126 Å². The summed E-state index contributed by atoms with van der Waals surface area (Å²) >= 11 is 6.62. The average Bonchev–Trinajstić information content (AvgIpc) is 2.34. The van der Waals surface area contributed by atoms with E-state index in [4.69, 9.17) is 5.73 Å². The van der Waals surface area contributed by atoms with E-state index in [-0.39, 0.29) is 11.3 Å². The number of pyridine rings is 1. The van der Waals surface area contributed by atoms with Crippen LogP contribution in [-0.4, -0.2) is 16.0 Å². The molecule has 0 aliphatic heterocycles. The number of hydrogen-bond acceptors (Lipinski definition) is 4. The lowest BCUT2D eigenvalue weighted by molar-refractivity contribution is 0.102. The summed E-state index contributed by atoms with van der Waals surface area (Å²) in [5.41, 5.74) is 6.82. The summed E-state index contributed by atoms with van der Waals surface area (Å²) in [6.07, 6.45) is 2.63. The van der Waals surface area contributed by atoms with Crippen LogP contribution in [0, 0.1) is 0 Å². The molecule has 0 spiro atoms. The van der Waals surface area contributed by atoms with Gasteiger partial charge in [0, 0.05) is 15.1 Å². The Morgan fingerprint density at radius 2 is 2.11 bits per heavy atom. The van der Waals surface area contributed by atoms with Crippen molar-refractivity contribution in [1.82, 2.24) is 4.98 Å². The van der Waals surface area contributed by atoms with Gasteiger partial charge >= 0.3 is 0 Å². The zero-order chi connectivity index (χ0) is 14.0. The van der Waals surface area contributed by atoms with E-state index in [0.29, 0.717) is 15.8 Å². The Kier molecular flexibility index (Phi) is 4.06. The molecule has 1 aromatic carbocycles. The molecular weight excluding hydrogens is 378 g/mol. The van der Waals surface area contributed by atoms with E-state index in [1.54, 1.807) is 12.1 Å². The summed E-state index contributed by atoms with van der Waals surface area (Å²) in [7, 11) is 0. The third kappa shape index (κ3) is 3.05. The number of benzene rings is 1. The van der Waals surface area contributed by atoms with Crippen LogP contribution in [0.5, 0.6) is 5.75 Å². The molecule has 0 atom stereocenters. The second-order valence-electron chi connectivity index (χ2n) is 3.70. The third-order valence-electron chi connectivity index (χ3n) is 2.37. The summed E-state index contributed by atoms with van der Waals surface area (Å²) in [5, 5.41) is 12.2. The van der Waals surface area contributed by atoms with E-state index in [1.165, 1.54) is 18.5 Å². The van der Waals surface area contributed by atoms with Crippen molar-refractivity contribution in [2.24, 2.45) is 0 Å². The minimum absolute atomic E-state index is 0.129. The van der Waals surface area contributed by atoms with Crippen molar-refractivity contribution in [2.75, 3.05) is 11.1 Å². The smallest absolute Gasteiger partial charge is 0.259 e. The van der Waals surface area contributed by atoms with E-state index in [1.807, 2.05) is 0 Å². The fourth-order valence-corrected chi connectivity index (χ4v) is 2.84. The Morgan fingerprint density at radius 1 is 1.37 bits per heavy atom. The van der Waals surface area contributed by atoms with Crippen LogP contribution >= 0.6 is 31.9 Å². The largest absolute Gasteiger partial charge is 0.505 e. The minimum Gasteiger partial charge on any atom is -0.505 e. The number of anilines is 2. The maximum atomic E-state index is 12.0. The van der Waals surface area contributed by atoms with Gasteiger partial charge in [0.2, 0.25) is 0 Å². The predicted octanol–water partition coefficient (Wildman–Crippen LogP) is 3.15. The van der Waals surface area contributed by atoms with E-state index in [9.17, 15) is 9.90 Å². The highest BCUT2D eigenvalue weighted by Gasteiger charge is 2.14. The highest BCUT2D eigenvalue weighted by atomic mass is 79.9. The molecule has 0 fully saturated rings. The van der Waals surface area contributed by atoms with Crippen LogP contribution in [0.15, 0.2) is 39.5 Å². The average molecular weight is 387 g/mol. The molecule has 1 amide bonds. The number of amides is 1. The molecule has 4 N–H and O–H groups in total. The van der Waals surface area contributed by atoms with Crippen LogP contribution in [0.3, 0.4) is 0 Å². The van der Waals surface area contributed by atoms with Crippen molar-refractivity contribution < 1.29 is 9.90 Å². The molecule has 0 radical (unpaired) electrons. The van der Waals surface area contributed by atoms with Gasteiger partial charge in [0.1, 0.15) is 5.75 Å². The van der Waals surface area contributed by atoms with Crippen molar-refractivity contribution in [1.29, 1.82) is 0 Å². The molecule has 0 bridgehead atoms. The number of carbonyl (C=O) groups is 1. The molecule has 1 heterocycles. The lowest BCUT2D eigenvalue weighted by Gasteiger charge is -2.11. The van der Waals surface area contributed by atoms with Crippen molar-refractivity contribution in [2.45, 2.75) is 0 Å². The molecule has 2 aromatic rings. The molecule has 0 saturated heterocycles. The number of nitrogens with one attached hydrogen (secondary N) is 1. The first-order chi connectivity index (χ1) is 8.99. The highest BCUT2D eigenvalue weighted by Crippen LogP contribution is 2.33. The van der Waals surface area contributed by atoms with E-state index < -0.39 is 5.91 Å². The van der Waals surface area contributed by atoms with Crippen molar-refractivity contribution in [3.8, 4) is 5.75 Å². The first-order valence-corrected chi connectivity index (χ1v) is 6.76. The fraction of sp³-hybridized carbons (Fsp3) is 0. The van der Waals surface area contributed by atoms with Crippen LogP contribution in [-0.2, 0) is 0 Å². The third-order valence-corrected chi connectivity index (χ3v) is 3.45. The zero-order valence-electron chi connectivity index (χ0n) is 9.52. The Balaban J connectivity index is 2.32. The lowest BCUT2D eigenvalue weighted by Crippen LogP contribution is -2.14. The molecule has 0 saturated carbocycles. The summed E-state index contributed by atoms with van der Waals surface area (Å²) in [4.78, 5) is 15.7. The number of carbonyl (C=O) groups excluding carboxylic acids is 1. The number of aromatic nitrogens is 1. The summed E-state index contributed by atoms with van der Waals surface area (Å²) in [6, 6.07) is 4.86. The summed E-state index contributed by atoms with van der Waals surface area (Å²) < 4.78 is 1.43. The number of nitrogens with zero attached hydrogens (tertiary/aromatic N) is 1. The number of hydrogen-bond donors (Lipinski definition) is 3. The number of halogens is 2. The van der Waals surface area contributed by atoms with Crippen LogP contribution < -0.4 is 11.1 Å². The quantitative estimate of drug-likeness (QED) is 0.691. The molecule has 1 aromatic heterocycles. The van der Waals surface area contributed by atoms with Crippen LogP contribution in [0.1, 0.15) is 10.4 Å². The van der Waals surface area contributed by atoms with Gasteiger partial charge in [0.05, 0.1) is 23.1 Å². The van der Waals surface area contributed by atoms with Crippen molar-refractivity contribution in [3.63, 3.8) is 0 Å². The van der Waals surface area contributed by atoms with Gasteiger partial charge in [-0.3, -0.25) is 9.78 Å². The van der Waals surface area contributed by atoms with E-state index >= 15 is 0 Å². The molecular formula is C12H9Br2N3O2. The Bertz CT molecular complexity index is 624. The molecule has 2 rings (SSSR count). The zero-order valence-corrected chi connectivity index (χ0v) is 12.7. The molecule has 7 heteroatoms. The summed E-state index contributed by atoms with van der Waals surface area (Å²) in [5.74, 6) is -0.651. The van der Waals surface area contributed by atoms with Gasteiger partial charge in [-0.1, -0.05) is 15.9 Å². The SMILES string of the molecule is Nc1cc(Br)cc(Br)c1NC(=O)c1ccncc1O. The minimum atomic E-state index is -0.463. The van der Waals surface area contributed by atoms with Gasteiger partial charge in [0.15, 0.2) is 0 Å². The monoisotopic (exact) mass is 385 g/mol. The van der Waals surface area contributed by atoms with Gasteiger partial charge in [0.25, 0.3) is 5.91 Å². The maximum Gasteiger partial charge on any atom is 0.259 e. The predicted molar refractivity (Wildman–Crippen MR) is 80.1 cm³/mol. The van der Waals surface area contributed by atoms with Gasteiger partial charge in [-0.25, -0.2) is 0 Å². The molecule has 0 aliphatic carbocycles. The summed E-state index contributed by atoms with van der Waals surface area (Å²) in [6.45, 7) is 0. The number of rotatable bonds is 2. The fourth-order valence-electron chi connectivity index (χ4n) is 1.48. The van der Waals surface area contributed by atoms with Gasteiger partial charge in [-0.2, -0.15) is 0 Å². The second-order valence-corrected chi connectivity index (χ2v) is 5.47. The van der Waals surface area contributed by atoms with Gasteiger partial charge in [-0.05, 0) is 34.1 Å². The topological polar surface area (TPSA) is 88.2 Å². The normalized spacial score (nSPS) is 10.2. The Morgan fingerprint density at radius 3 is 2.74 bits per heavy atom. The maximum absolute atomic E-state index is 12.0. The molecule has 98 valence electrons. The first kappa shape index (κ1) is 13.8. The van der Waals surface area contributed by atoms with Crippen molar-refractivity contribution >= 4 is 49.1 Å². The molecule has 19 heavy (non-hydrogen) atoms. The van der Waals surface area contributed by atoms with Crippen LogP contribution in [0.2, 0.25) is 0 Å². The second kappa shape index (κ2) is 5.58. The number of nitrogen functional groups attached to an aromatic ring is 1. The molecule has 0 aliphatic rings. The van der Waals surface area contributed by atoms with Gasteiger partial charge in [-0.15, -0.1) is 0 Å². The van der Waals surface area contributed by atoms with E-state index in [2.05, 4.69) is 42.2 Å². The lowest BCUT2D eigenvalue weighted by atomic mass is 10.2. The van der Waals surface area contributed by atoms with Crippen molar-refractivity contribution in [3.05, 3.63) is 45.1 Å². The molecule has 5 nitrogen and oxygen atoms in total. The van der Waals surface area contributed by atoms with Crippen LogP contribution in [0.25, 0.3) is 0 Å². The Hall–Kier alpha value is -1.60. The standard InChI is InChI=1S/C12H9Br2N3O2/c13-6-3-8(14)11(9(15)4-6)17-12(19)7-1-2-16-5-10(7)18/h1-5,18H,15H2,(H,17,19). The number of aromatic hydroxyl groups is 1. The van der Waals surface area contributed by atoms with E-state index in [0.717, 1.165) is 4.47 Å². The van der Waals surface area contributed by atoms with Gasteiger partial charge < -0.3 is 16.2 Å². The molecule has 0 unspecified atom stereocenters.